The molecule has 0 amide bonds. The third-order valence-electron chi connectivity index (χ3n) is 6.84. The van der Waals surface area contributed by atoms with Gasteiger partial charge in [-0.2, -0.15) is 0 Å². The second kappa shape index (κ2) is 15.2. The number of unbranched alkanes of at least 4 members (excludes halogenated alkanes) is 1. The van der Waals surface area contributed by atoms with Gasteiger partial charge in [-0.25, -0.2) is 4.98 Å². The van der Waals surface area contributed by atoms with E-state index in [1.807, 2.05) is 0 Å². The Hall–Kier alpha value is -7.03. The van der Waals surface area contributed by atoms with E-state index < -0.39 is 92.2 Å². The lowest BCUT2D eigenvalue weighted by Gasteiger charge is -2.34. The summed E-state index contributed by atoms with van der Waals surface area (Å²) in [6.45, 7) is 1.39. The summed E-state index contributed by atoms with van der Waals surface area (Å²) in [7, 11) is 0.904. The minimum atomic E-state index is -3.07. The van der Waals surface area contributed by atoms with Crippen LogP contribution in [0.5, 0.6) is 11.5 Å². The Bertz CT molecular complexity index is 1810. The molecule has 3 rings (SSSR count). The molecule has 0 aliphatic carbocycles. The van der Waals surface area contributed by atoms with Crippen molar-refractivity contribution in [1.82, 2.24) is 20.6 Å². The first-order valence-electron chi connectivity index (χ1n) is 13.6. The van der Waals surface area contributed by atoms with Gasteiger partial charge < -0.3 is 14.5 Å². The third kappa shape index (κ3) is 8.09. The van der Waals surface area contributed by atoms with Crippen LogP contribution >= 0.6 is 0 Å². The lowest BCUT2D eigenvalue weighted by molar-refractivity contribution is -0.590. The number of hydrogen-bond acceptors (Lipinski definition) is 19. The number of nitrogens with zero attached hydrogens (tertiary/aromatic N) is 8. The predicted molar refractivity (Wildman–Crippen MR) is 161 cm³/mol. The lowest BCUT2D eigenvalue weighted by atomic mass is 10.1. The maximum Gasteiger partial charge on any atom is 0.423 e. The molecule has 0 spiro atoms. The number of ether oxygens (including phenoxy) is 2. The number of imidazole rings is 1. The third-order valence-corrected chi connectivity index (χ3v) is 6.84. The Labute approximate surface area is 275 Å². The molecule has 2 unspecified atom stereocenters. The van der Waals surface area contributed by atoms with E-state index in [-0.39, 0.29) is 37.2 Å². The van der Waals surface area contributed by atoms with Crippen LogP contribution in [0.15, 0.2) is 30.6 Å². The van der Waals surface area contributed by atoms with E-state index in [0.717, 1.165) is 12.7 Å². The number of aryl methyl sites for hydroxylation is 2. The smallest absolute Gasteiger partial charge is 0.423 e. The Kier molecular flexibility index (Phi) is 11.4. The van der Waals surface area contributed by atoms with Gasteiger partial charge in [0.25, 0.3) is 22.9 Å². The average molecular weight is 709 g/mol. The molecular formula is C23H23N11O16. The monoisotopic (exact) mass is 709 g/mol. The van der Waals surface area contributed by atoms with Crippen LogP contribution in [0.3, 0.4) is 0 Å². The first-order chi connectivity index (χ1) is 23.4. The molecule has 0 aliphatic heterocycles. The lowest BCUT2D eigenvalue weighted by Crippen LogP contribution is -2.71. The van der Waals surface area contributed by atoms with Gasteiger partial charge in [0.05, 0.1) is 70.7 Å². The van der Waals surface area contributed by atoms with Crippen molar-refractivity contribution in [1.29, 1.82) is 0 Å². The Balaban J connectivity index is 2.26. The second-order valence-electron chi connectivity index (χ2n) is 9.87. The quantitative estimate of drug-likeness (QED) is 0.0696. The number of hydrogen-bond donors (Lipinski definition) is 3. The van der Waals surface area contributed by atoms with Crippen molar-refractivity contribution in [3.05, 3.63) is 113 Å². The van der Waals surface area contributed by atoms with Crippen molar-refractivity contribution in [3.63, 3.8) is 0 Å². The number of aromatic nitrogens is 2. The number of nitro groups is 7. The van der Waals surface area contributed by atoms with E-state index in [0.29, 0.717) is 18.5 Å². The molecule has 2 atom stereocenters. The first kappa shape index (κ1) is 37.4. The van der Waals surface area contributed by atoms with Crippen LogP contribution in [-0.4, -0.2) is 70.1 Å². The van der Waals surface area contributed by atoms with Gasteiger partial charge in [-0.15, -0.1) is 0 Å². The molecular weight excluding hydrogens is 686 g/mol. The van der Waals surface area contributed by atoms with E-state index in [9.17, 15) is 70.8 Å². The molecule has 0 radical (unpaired) electrons. The zero-order chi connectivity index (χ0) is 37.5. The molecule has 0 fully saturated rings. The number of nitrogens with one attached hydrogen (secondary N) is 3. The molecule has 1 aromatic heterocycles. The zero-order valence-corrected chi connectivity index (χ0v) is 25.4. The Morgan fingerprint density at radius 1 is 0.740 bits per heavy atom. The Morgan fingerprint density at radius 2 is 1.20 bits per heavy atom. The number of aromatic amines is 1. The predicted octanol–water partition coefficient (Wildman–Crippen LogP) is 2.71. The van der Waals surface area contributed by atoms with Gasteiger partial charge in [-0.3, -0.25) is 81.4 Å². The molecule has 0 aliphatic rings. The zero-order valence-electron chi connectivity index (χ0n) is 25.4. The fraction of sp³-hybridized carbons (Fsp3) is 0.348. The van der Waals surface area contributed by atoms with Crippen molar-refractivity contribution in [2.45, 2.75) is 38.3 Å². The summed E-state index contributed by atoms with van der Waals surface area (Å²) in [4.78, 5) is 80.7. The van der Waals surface area contributed by atoms with Gasteiger partial charge in [0.1, 0.15) is 0 Å². The number of non-ortho nitro benzene ring substituents is 2. The highest BCUT2D eigenvalue weighted by atomic mass is 16.7. The van der Waals surface area contributed by atoms with E-state index >= 15 is 0 Å². The summed E-state index contributed by atoms with van der Waals surface area (Å²) in [6, 6.07) is 0.918. The average Bonchev–Trinajstić information content (AvgIpc) is 3.45. The van der Waals surface area contributed by atoms with E-state index in [2.05, 4.69) is 20.6 Å². The van der Waals surface area contributed by atoms with Crippen LogP contribution in [-0.2, 0) is 6.42 Å². The normalized spacial score (nSPS) is 12.7. The maximum absolute atomic E-state index is 12.6. The standard InChI is InChI=1S/C23H23N11O16/c1-12-15(26-11-25-12)5-3-4-6-27-23(24-2,50-21-18(32(43)44)9-14(29(37)38)10-19(21)33(45)46)22(34(47)48)49-20-16(30(39)40)7-13(28(35)36)8-17(20)31(41)42/h7-11,22,24,27H,3-6H2,1-2H3,(H,25,26). The molecule has 27 heteroatoms. The molecule has 27 nitrogen and oxygen atoms in total. The molecule has 3 N–H and O–H groups in total. The summed E-state index contributed by atoms with van der Waals surface area (Å²) in [5.74, 6) is -5.97. The number of nitro benzene ring substituents is 6. The van der Waals surface area contributed by atoms with Crippen LogP contribution in [0.4, 0.5) is 34.1 Å². The highest BCUT2D eigenvalue weighted by Gasteiger charge is 2.55. The summed E-state index contributed by atoms with van der Waals surface area (Å²) >= 11 is 0. The molecule has 2 aromatic carbocycles. The number of benzene rings is 2. The van der Waals surface area contributed by atoms with Crippen molar-refractivity contribution in [3.8, 4) is 11.5 Å². The van der Waals surface area contributed by atoms with Gasteiger partial charge in [0.2, 0.25) is 0 Å². The number of rotatable bonds is 19. The van der Waals surface area contributed by atoms with Crippen molar-refractivity contribution >= 4 is 34.1 Å². The molecule has 1 heterocycles. The van der Waals surface area contributed by atoms with Gasteiger partial charge in [0, 0.05) is 12.2 Å². The van der Waals surface area contributed by atoms with Crippen LogP contribution in [0.2, 0.25) is 0 Å². The van der Waals surface area contributed by atoms with Crippen LogP contribution in [0.1, 0.15) is 24.2 Å². The topological polar surface area (TPSA) is 373 Å². The van der Waals surface area contributed by atoms with Crippen LogP contribution in [0, 0.1) is 77.7 Å². The maximum atomic E-state index is 12.6. The highest BCUT2D eigenvalue weighted by Crippen LogP contribution is 2.44. The molecule has 3 aromatic rings. The van der Waals surface area contributed by atoms with Crippen molar-refractivity contribution in [2.75, 3.05) is 13.6 Å². The SMILES string of the molecule is CNC(NCCCCc1nc[nH]c1C)(Oc1c([N+](=O)[O-])cc([N+](=O)[O-])cc1[N+](=O)[O-])C(Oc1c([N+](=O)[O-])cc([N+](=O)[O-])cc1[N+](=O)[O-])[N+](=O)[O-]. The number of likely N-dealkylation sites (N-methyl/N-ethyl adjacent to an activating group) is 1. The summed E-state index contributed by atoms with van der Waals surface area (Å²) in [5.41, 5.74) is -6.79. The molecule has 0 saturated heterocycles. The fourth-order valence-electron chi connectivity index (χ4n) is 4.46. The summed E-state index contributed by atoms with van der Waals surface area (Å²) < 4.78 is 10.7. The second-order valence-corrected chi connectivity index (χ2v) is 9.87. The summed E-state index contributed by atoms with van der Waals surface area (Å²) in [5, 5.41) is 87.7. The highest BCUT2D eigenvalue weighted by molar-refractivity contribution is 5.67. The van der Waals surface area contributed by atoms with Crippen molar-refractivity contribution < 1.29 is 43.9 Å². The van der Waals surface area contributed by atoms with Crippen LogP contribution < -0.4 is 20.1 Å². The fourth-order valence-corrected chi connectivity index (χ4v) is 4.46. The largest absolute Gasteiger partial charge is 0.436 e. The van der Waals surface area contributed by atoms with Crippen molar-refractivity contribution in [2.24, 2.45) is 0 Å². The van der Waals surface area contributed by atoms with Gasteiger partial charge in [0.15, 0.2) is 0 Å². The molecule has 0 bridgehead atoms. The van der Waals surface area contributed by atoms with Gasteiger partial charge in [-0.05, 0) is 33.2 Å². The van der Waals surface area contributed by atoms with E-state index in [4.69, 9.17) is 9.47 Å². The summed E-state index contributed by atoms with van der Waals surface area (Å²) in [6.07, 6.45) is -0.775. The molecule has 0 saturated carbocycles. The minimum Gasteiger partial charge on any atom is -0.436 e. The van der Waals surface area contributed by atoms with E-state index in [1.165, 1.54) is 6.33 Å². The molecule has 266 valence electrons. The minimum absolute atomic E-state index is 0.103. The first-order valence-corrected chi connectivity index (χ1v) is 13.6. The van der Waals surface area contributed by atoms with Gasteiger partial charge in [-0.1, -0.05) is 0 Å². The Morgan fingerprint density at radius 3 is 1.56 bits per heavy atom. The van der Waals surface area contributed by atoms with E-state index in [1.54, 1.807) is 6.92 Å². The molecule has 50 heavy (non-hydrogen) atoms. The number of H-pyrrole nitrogens is 1. The van der Waals surface area contributed by atoms with Gasteiger partial charge >= 0.3 is 34.8 Å². The van der Waals surface area contributed by atoms with Crippen LogP contribution in [0.25, 0.3) is 0 Å².